The number of carbonyl (C=O) groups excluding carboxylic acids is 1. The maximum Gasteiger partial charge on any atom is 0.339 e. The number of hydrogen-bond donors (Lipinski definition) is 2. The summed E-state index contributed by atoms with van der Waals surface area (Å²) < 4.78 is 5.40. The molecule has 0 saturated carbocycles. The van der Waals surface area contributed by atoms with Gasteiger partial charge in [-0.1, -0.05) is 32.0 Å². The summed E-state index contributed by atoms with van der Waals surface area (Å²) >= 11 is 0. The first-order chi connectivity index (χ1) is 16.4. The van der Waals surface area contributed by atoms with Crippen LogP contribution in [0.2, 0.25) is 0 Å². The molecule has 8 nitrogen and oxygen atoms in total. The summed E-state index contributed by atoms with van der Waals surface area (Å²) in [4.78, 5) is 28.3. The number of hydrogen-bond acceptors (Lipinski definition) is 5. The average Bonchev–Trinajstić information content (AvgIpc) is 2.85. The first kappa shape index (κ1) is 24.2. The van der Waals surface area contributed by atoms with E-state index in [2.05, 4.69) is 27.2 Å². The molecule has 2 saturated heterocycles. The Bertz CT molecular complexity index is 1010. The van der Waals surface area contributed by atoms with Gasteiger partial charge in [0.25, 0.3) is 4.92 Å². The Morgan fingerprint density at radius 2 is 1.85 bits per heavy atom. The molecule has 0 aromatic heterocycles. The number of benzene rings is 2. The SMILES string of the molecule is CC(C)C(=O)Nc1cccc(C2CCN(Cc3ccc(N4CCOCC4)c([N+](=O)O)c3)CC2)c1. The summed E-state index contributed by atoms with van der Waals surface area (Å²) in [6, 6.07) is 14.0. The normalized spacial score (nSPS) is 17.7. The Balaban J connectivity index is 1.36. The highest BCUT2D eigenvalue weighted by Gasteiger charge is 2.26. The molecule has 2 N–H and O–H groups in total. The van der Waals surface area contributed by atoms with Gasteiger partial charge in [-0.25, -0.2) is 5.21 Å². The van der Waals surface area contributed by atoms with Crippen molar-refractivity contribution < 1.29 is 19.7 Å². The van der Waals surface area contributed by atoms with Crippen molar-refractivity contribution >= 4 is 23.0 Å². The zero-order valence-electron chi connectivity index (χ0n) is 20.1. The number of nitrogens with zero attached hydrogens (tertiary/aromatic N) is 3. The lowest BCUT2D eigenvalue weighted by Crippen LogP contribution is -2.36. The van der Waals surface area contributed by atoms with E-state index in [4.69, 9.17) is 4.74 Å². The number of amides is 1. The van der Waals surface area contributed by atoms with E-state index in [9.17, 15) is 14.9 Å². The third kappa shape index (κ3) is 5.93. The van der Waals surface area contributed by atoms with Gasteiger partial charge in [0.2, 0.25) is 5.91 Å². The Labute approximate surface area is 201 Å². The van der Waals surface area contributed by atoms with Crippen LogP contribution in [0.3, 0.4) is 0 Å². The van der Waals surface area contributed by atoms with Crippen LogP contribution in [0.1, 0.15) is 43.7 Å². The Morgan fingerprint density at radius 1 is 1.12 bits per heavy atom. The van der Waals surface area contributed by atoms with Gasteiger partial charge in [0.05, 0.1) is 18.1 Å². The van der Waals surface area contributed by atoms with Gasteiger partial charge in [0.15, 0.2) is 0 Å². The molecular weight excluding hydrogens is 432 g/mol. The van der Waals surface area contributed by atoms with Gasteiger partial charge < -0.3 is 15.0 Å². The maximum absolute atomic E-state index is 12.0. The molecule has 8 heteroatoms. The third-order valence-corrected chi connectivity index (χ3v) is 6.74. The van der Waals surface area contributed by atoms with Crippen LogP contribution in [-0.4, -0.2) is 60.3 Å². The lowest BCUT2D eigenvalue weighted by molar-refractivity contribution is -0.729. The topological polar surface area (TPSA) is 85.1 Å². The first-order valence-electron chi connectivity index (χ1n) is 12.2. The van der Waals surface area contributed by atoms with Crippen LogP contribution in [0.5, 0.6) is 0 Å². The molecule has 2 aliphatic heterocycles. The molecule has 0 bridgehead atoms. The minimum absolute atomic E-state index is 0.0222. The Morgan fingerprint density at radius 3 is 2.53 bits per heavy atom. The van der Waals surface area contributed by atoms with Crippen molar-refractivity contribution in [2.75, 3.05) is 49.6 Å². The number of anilines is 2. The quantitative estimate of drug-likeness (QED) is 0.591. The number of ether oxygens (including phenoxy) is 1. The van der Waals surface area contributed by atoms with Crippen molar-refractivity contribution in [3.63, 3.8) is 0 Å². The second kappa shape index (κ2) is 11.0. The van der Waals surface area contributed by atoms with E-state index in [1.54, 1.807) is 6.07 Å². The second-order valence-corrected chi connectivity index (χ2v) is 9.52. The summed E-state index contributed by atoms with van der Waals surface area (Å²) in [5.74, 6) is 0.446. The molecule has 0 unspecified atom stereocenters. The van der Waals surface area contributed by atoms with Crippen molar-refractivity contribution in [3.05, 3.63) is 58.5 Å². The molecule has 1 amide bonds. The number of rotatable bonds is 7. The summed E-state index contributed by atoms with van der Waals surface area (Å²) in [5, 5.41) is 12.7. The van der Waals surface area contributed by atoms with Crippen LogP contribution in [0.15, 0.2) is 42.5 Å². The van der Waals surface area contributed by atoms with Gasteiger partial charge >= 0.3 is 5.69 Å². The summed E-state index contributed by atoms with van der Waals surface area (Å²) in [7, 11) is 0. The highest BCUT2D eigenvalue weighted by atomic mass is 16.6. The van der Waals surface area contributed by atoms with E-state index in [0.29, 0.717) is 32.2 Å². The van der Waals surface area contributed by atoms with Gasteiger partial charge in [-0.05, 0) is 61.2 Å². The number of likely N-dealkylation sites (tertiary alicyclic amines) is 1. The lowest BCUT2D eigenvalue weighted by Gasteiger charge is -2.32. The number of nitrogens with one attached hydrogen (secondary N) is 1. The molecule has 2 heterocycles. The van der Waals surface area contributed by atoms with Crippen LogP contribution >= 0.6 is 0 Å². The lowest BCUT2D eigenvalue weighted by atomic mass is 9.89. The fourth-order valence-corrected chi connectivity index (χ4v) is 4.73. The second-order valence-electron chi connectivity index (χ2n) is 9.52. The zero-order chi connectivity index (χ0) is 24.1. The molecule has 2 aliphatic rings. The molecule has 2 aromatic carbocycles. The average molecular weight is 468 g/mol. The molecule has 0 radical (unpaired) electrons. The van der Waals surface area contributed by atoms with Crippen LogP contribution in [-0.2, 0) is 16.1 Å². The number of piperidine rings is 1. The summed E-state index contributed by atoms with van der Waals surface area (Å²) in [6.07, 6.45) is 2.07. The van der Waals surface area contributed by atoms with Crippen molar-refractivity contribution in [2.45, 2.75) is 39.2 Å². The number of morpholine rings is 1. The molecule has 4 rings (SSSR count). The van der Waals surface area contributed by atoms with Crippen LogP contribution in [0.25, 0.3) is 0 Å². The molecule has 34 heavy (non-hydrogen) atoms. The molecule has 0 aliphatic carbocycles. The van der Waals surface area contributed by atoms with Crippen molar-refractivity contribution in [3.8, 4) is 0 Å². The molecule has 0 atom stereocenters. The Hall–Kier alpha value is -2.97. The monoisotopic (exact) mass is 467 g/mol. The van der Waals surface area contributed by atoms with Gasteiger partial charge in [0, 0.05) is 37.3 Å². The number of carbonyl (C=O) groups is 1. The maximum atomic E-state index is 12.0. The van der Waals surface area contributed by atoms with E-state index in [1.165, 1.54) is 5.56 Å². The molecule has 2 aromatic rings. The van der Waals surface area contributed by atoms with Gasteiger partial charge in [-0.2, -0.15) is 0 Å². The van der Waals surface area contributed by atoms with E-state index in [-0.39, 0.29) is 22.4 Å². The molecule has 2 fully saturated rings. The van der Waals surface area contributed by atoms with Gasteiger partial charge in [0.1, 0.15) is 5.69 Å². The predicted octanol–water partition coefficient (Wildman–Crippen LogP) is 4.30. The minimum Gasteiger partial charge on any atom is -0.378 e. The van der Waals surface area contributed by atoms with Crippen molar-refractivity contribution in [1.82, 2.24) is 4.90 Å². The van der Waals surface area contributed by atoms with E-state index in [1.807, 2.05) is 38.1 Å². The first-order valence-corrected chi connectivity index (χ1v) is 12.2. The van der Waals surface area contributed by atoms with Crippen LogP contribution in [0.4, 0.5) is 17.1 Å². The third-order valence-electron chi connectivity index (χ3n) is 6.74. The highest BCUT2D eigenvalue weighted by molar-refractivity contribution is 5.92. The van der Waals surface area contributed by atoms with Crippen molar-refractivity contribution in [2.24, 2.45) is 5.92 Å². The molecular formula is C26H35N4O4+. The Kier molecular flexibility index (Phi) is 7.80. The largest absolute Gasteiger partial charge is 0.378 e. The van der Waals surface area contributed by atoms with E-state index < -0.39 is 0 Å². The predicted molar refractivity (Wildman–Crippen MR) is 132 cm³/mol. The fourth-order valence-electron chi connectivity index (χ4n) is 4.73. The summed E-state index contributed by atoms with van der Waals surface area (Å²) in [6.45, 7) is 9.07. The highest BCUT2D eigenvalue weighted by Crippen LogP contribution is 2.32. The van der Waals surface area contributed by atoms with Crippen molar-refractivity contribution in [1.29, 1.82) is 0 Å². The van der Waals surface area contributed by atoms with E-state index >= 15 is 0 Å². The van der Waals surface area contributed by atoms with Gasteiger partial charge in [-0.15, -0.1) is 0 Å². The zero-order valence-corrected chi connectivity index (χ0v) is 20.1. The fraction of sp³-hybridized carbons (Fsp3) is 0.500. The van der Waals surface area contributed by atoms with E-state index in [0.717, 1.165) is 49.4 Å². The molecule has 182 valence electrons. The smallest absolute Gasteiger partial charge is 0.339 e. The molecule has 0 spiro atoms. The van der Waals surface area contributed by atoms with Crippen LogP contribution < -0.4 is 10.2 Å². The standard InChI is InChI=1S/C26H34N4O4/c1-19(2)26(31)27-23-5-3-4-22(17-23)21-8-10-28(11-9-21)18-20-6-7-24(25(16-20)30(32)33)29-12-14-34-15-13-29/h3-7,16-17,19,21H,8-15,18H2,1-2H3,(H-,27,31,32,33)/p+1. The van der Waals surface area contributed by atoms with Crippen LogP contribution in [0, 0.1) is 10.8 Å². The van der Waals surface area contributed by atoms with Gasteiger partial charge in [-0.3, -0.25) is 9.69 Å². The minimum atomic E-state index is -0.0464. The summed E-state index contributed by atoms with van der Waals surface area (Å²) in [5.41, 5.74) is 4.17.